The molecular formula is C10H9ClN6S. The Balaban J connectivity index is 2.00. The van der Waals surface area contributed by atoms with Crippen LogP contribution in [0.25, 0.3) is 6.20 Å². The van der Waals surface area contributed by atoms with Crippen LogP contribution in [-0.4, -0.2) is 21.1 Å². The van der Waals surface area contributed by atoms with E-state index in [2.05, 4.69) is 20.7 Å². The summed E-state index contributed by atoms with van der Waals surface area (Å²) in [6, 6.07) is 5.53. The number of hydrogen-bond donors (Lipinski definition) is 1. The zero-order chi connectivity index (χ0) is 12.5. The second kappa shape index (κ2) is 4.51. The molecule has 18 heavy (non-hydrogen) atoms. The zero-order valence-electron chi connectivity index (χ0n) is 9.41. The van der Waals surface area contributed by atoms with Crippen LogP contribution in [0.5, 0.6) is 0 Å². The first-order chi connectivity index (χ1) is 8.76. The molecule has 2 heterocycles. The second-order valence-corrected chi connectivity index (χ2v) is 4.75. The minimum Gasteiger partial charge on any atom is -0.208 e. The predicted octanol–water partition coefficient (Wildman–Crippen LogP) is 0.0824. The Morgan fingerprint density at radius 3 is 3.06 bits per heavy atom. The van der Waals surface area contributed by atoms with Gasteiger partial charge in [0.2, 0.25) is 5.16 Å². The number of fused-ring (bicyclic) bond motifs is 1. The molecule has 92 valence electrons. The van der Waals surface area contributed by atoms with Crippen LogP contribution < -0.4 is 21.2 Å². The molecule has 2 aromatic rings. The highest BCUT2D eigenvalue weighted by Crippen LogP contribution is 2.06. The minimum absolute atomic E-state index is 0.659. The van der Waals surface area contributed by atoms with Crippen molar-refractivity contribution in [1.82, 2.24) is 20.4 Å². The molecule has 1 N–H and O–H groups in total. The molecule has 0 bridgehead atoms. The van der Waals surface area contributed by atoms with E-state index >= 15 is 0 Å². The maximum absolute atomic E-state index is 5.91. The van der Waals surface area contributed by atoms with Crippen LogP contribution in [0.4, 0.5) is 0 Å². The predicted molar refractivity (Wildman–Crippen MR) is 69.9 cm³/mol. The summed E-state index contributed by atoms with van der Waals surface area (Å²) in [5.41, 5.74) is 2.85. The van der Waals surface area contributed by atoms with Gasteiger partial charge in [0, 0.05) is 10.2 Å². The SMILES string of the molecule is CSc1ncn(N2C=c3ccc(Cl)cc3=NN2)n1. The Hall–Kier alpha value is -1.73. The molecular weight excluding hydrogens is 272 g/mol. The van der Waals surface area contributed by atoms with Gasteiger partial charge in [-0.15, -0.1) is 9.89 Å². The van der Waals surface area contributed by atoms with E-state index in [0.29, 0.717) is 10.2 Å². The van der Waals surface area contributed by atoms with E-state index in [0.717, 1.165) is 10.6 Å². The zero-order valence-corrected chi connectivity index (χ0v) is 11.0. The van der Waals surface area contributed by atoms with Crippen molar-refractivity contribution >= 4 is 29.6 Å². The van der Waals surface area contributed by atoms with Gasteiger partial charge < -0.3 is 0 Å². The fraction of sp³-hybridized carbons (Fsp3) is 0.100. The van der Waals surface area contributed by atoms with Crippen molar-refractivity contribution in [2.75, 3.05) is 11.4 Å². The summed E-state index contributed by atoms with van der Waals surface area (Å²) in [6.45, 7) is 0. The van der Waals surface area contributed by atoms with E-state index < -0.39 is 0 Å². The molecule has 0 radical (unpaired) electrons. The van der Waals surface area contributed by atoms with E-state index in [1.165, 1.54) is 11.8 Å². The van der Waals surface area contributed by atoms with Gasteiger partial charge in [-0.2, -0.15) is 15.8 Å². The first-order valence-corrected chi connectivity index (χ1v) is 6.72. The Morgan fingerprint density at radius 1 is 1.39 bits per heavy atom. The van der Waals surface area contributed by atoms with E-state index in [9.17, 15) is 0 Å². The lowest BCUT2D eigenvalue weighted by molar-refractivity contribution is 0.518. The summed E-state index contributed by atoms with van der Waals surface area (Å²) in [7, 11) is 0. The lowest BCUT2D eigenvalue weighted by atomic mass is 10.3. The van der Waals surface area contributed by atoms with Crippen molar-refractivity contribution in [2.45, 2.75) is 5.16 Å². The highest BCUT2D eigenvalue weighted by atomic mass is 35.5. The topological polar surface area (TPSA) is 58.3 Å². The van der Waals surface area contributed by atoms with Gasteiger partial charge in [0.25, 0.3) is 0 Å². The third kappa shape index (κ3) is 2.02. The number of benzene rings is 1. The van der Waals surface area contributed by atoms with Gasteiger partial charge in [-0.1, -0.05) is 23.4 Å². The monoisotopic (exact) mass is 280 g/mol. The van der Waals surface area contributed by atoms with Crippen molar-refractivity contribution < 1.29 is 0 Å². The number of rotatable bonds is 2. The summed E-state index contributed by atoms with van der Waals surface area (Å²) >= 11 is 7.39. The largest absolute Gasteiger partial charge is 0.210 e. The highest BCUT2D eigenvalue weighted by Gasteiger charge is 2.08. The molecule has 1 aliphatic rings. The van der Waals surface area contributed by atoms with Crippen LogP contribution in [0.15, 0.2) is 34.8 Å². The number of hydrazine groups is 1. The maximum atomic E-state index is 5.91. The molecule has 8 heteroatoms. The van der Waals surface area contributed by atoms with Crippen molar-refractivity contribution in [3.63, 3.8) is 0 Å². The molecule has 1 aliphatic heterocycles. The second-order valence-electron chi connectivity index (χ2n) is 3.54. The number of nitrogens with zero attached hydrogens (tertiary/aromatic N) is 5. The molecule has 1 aromatic heterocycles. The van der Waals surface area contributed by atoms with E-state index in [1.807, 2.05) is 24.6 Å². The van der Waals surface area contributed by atoms with Crippen LogP contribution >= 0.6 is 23.4 Å². The molecule has 1 aromatic carbocycles. The fourth-order valence-electron chi connectivity index (χ4n) is 1.53. The first-order valence-electron chi connectivity index (χ1n) is 5.12. The molecule has 3 rings (SSSR count). The minimum atomic E-state index is 0.659. The first kappa shape index (κ1) is 11.4. The molecule has 0 saturated carbocycles. The smallest absolute Gasteiger partial charge is 0.208 e. The standard InChI is InChI=1S/C10H9ClN6S/c1-18-10-12-6-17(14-10)16-5-7-2-3-8(11)4-9(7)13-15-16/h2-6,15H,1H3. The fourth-order valence-corrected chi connectivity index (χ4v) is 2.02. The van der Waals surface area contributed by atoms with Crippen LogP contribution in [-0.2, 0) is 0 Å². The maximum Gasteiger partial charge on any atom is 0.210 e. The van der Waals surface area contributed by atoms with Gasteiger partial charge in [-0.25, -0.2) is 4.98 Å². The lowest BCUT2D eigenvalue weighted by Gasteiger charge is -2.20. The lowest BCUT2D eigenvalue weighted by Crippen LogP contribution is -2.48. The molecule has 0 atom stereocenters. The number of nitrogens with one attached hydrogen (secondary N) is 1. The number of thioether (sulfide) groups is 1. The highest BCUT2D eigenvalue weighted by molar-refractivity contribution is 7.98. The van der Waals surface area contributed by atoms with E-state index in [1.54, 1.807) is 22.3 Å². The van der Waals surface area contributed by atoms with Crippen LogP contribution in [0.1, 0.15) is 0 Å². The van der Waals surface area contributed by atoms with Crippen molar-refractivity contribution in [2.24, 2.45) is 5.10 Å². The summed E-state index contributed by atoms with van der Waals surface area (Å²) in [5, 5.41) is 13.2. The Kier molecular flexibility index (Phi) is 2.85. The van der Waals surface area contributed by atoms with Crippen LogP contribution in [0, 0.1) is 0 Å². The Labute approximate surface area is 112 Å². The third-order valence-electron chi connectivity index (χ3n) is 2.39. The summed E-state index contributed by atoms with van der Waals surface area (Å²) in [4.78, 5) is 5.71. The molecule has 0 unspecified atom stereocenters. The molecule has 0 fully saturated rings. The average Bonchev–Trinajstić information content (AvgIpc) is 2.87. The third-order valence-corrected chi connectivity index (χ3v) is 3.18. The van der Waals surface area contributed by atoms with E-state index in [4.69, 9.17) is 11.6 Å². The van der Waals surface area contributed by atoms with Crippen molar-refractivity contribution in [3.05, 3.63) is 40.1 Å². The van der Waals surface area contributed by atoms with Crippen molar-refractivity contribution in [3.8, 4) is 0 Å². The number of hydrogen-bond acceptors (Lipinski definition) is 6. The van der Waals surface area contributed by atoms with Crippen molar-refractivity contribution in [1.29, 1.82) is 0 Å². The Morgan fingerprint density at radius 2 is 2.28 bits per heavy atom. The summed E-state index contributed by atoms with van der Waals surface area (Å²) in [6.07, 6.45) is 5.41. The molecule has 0 saturated heterocycles. The molecule has 0 amide bonds. The normalized spacial score (nSPS) is 13.3. The Bertz CT molecular complexity index is 697. The van der Waals surface area contributed by atoms with E-state index in [-0.39, 0.29) is 0 Å². The summed E-state index contributed by atoms with van der Waals surface area (Å²) < 4.78 is 0. The quantitative estimate of drug-likeness (QED) is 0.790. The van der Waals surface area contributed by atoms with Gasteiger partial charge in [0.15, 0.2) is 0 Å². The van der Waals surface area contributed by atoms with Gasteiger partial charge in [-0.3, -0.25) is 0 Å². The number of halogens is 1. The van der Waals surface area contributed by atoms with Gasteiger partial charge in [0.05, 0.1) is 11.6 Å². The van der Waals surface area contributed by atoms with Gasteiger partial charge >= 0.3 is 0 Å². The average molecular weight is 281 g/mol. The number of aromatic nitrogens is 3. The van der Waals surface area contributed by atoms with Gasteiger partial charge in [0.1, 0.15) is 6.33 Å². The van der Waals surface area contributed by atoms with Gasteiger partial charge in [-0.05, 0) is 24.5 Å². The molecule has 0 aliphatic carbocycles. The molecule has 0 spiro atoms. The molecule has 6 nitrogen and oxygen atoms in total. The summed E-state index contributed by atoms with van der Waals surface area (Å²) in [5.74, 6) is 0. The van der Waals surface area contributed by atoms with Crippen LogP contribution in [0.3, 0.4) is 0 Å². The van der Waals surface area contributed by atoms with Crippen LogP contribution in [0.2, 0.25) is 5.02 Å².